The number of carbonyl (C=O) groups excluding carboxylic acids is 2. The second kappa shape index (κ2) is 7.08. The van der Waals surface area contributed by atoms with Crippen molar-refractivity contribution >= 4 is 22.7 Å². The molecular weight excluding hydrogens is 314 g/mol. The van der Waals surface area contributed by atoms with Crippen LogP contribution in [0.1, 0.15) is 17.3 Å². The van der Waals surface area contributed by atoms with E-state index < -0.39 is 11.8 Å². The molecule has 1 heterocycles. The van der Waals surface area contributed by atoms with E-state index in [-0.39, 0.29) is 29.2 Å². The maximum atomic E-state index is 12.9. The minimum atomic E-state index is -0.773. The zero-order valence-electron chi connectivity index (χ0n) is 14.0. The fourth-order valence-electron chi connectivity index (χ4n) is 2.30. The number of fused-ring (bicyclic) bond motifs is 1. The van der Waals surface area contributed by atoms with E-state index in [2.05, 4.69) is 0 Å². The number of furan rings is 1. The number of ether oxygens (including phenoxy) is 2. The predicted molar refractivity (Wildman–Crippen MR) is 87.2 cm³/mol. The largest absolute Gasteiger partial charge is 0.507 e. The topological polar surface area (TPSA) is 89.2 Å². The third-order valence-corrected chi connectivity index (χ3v) is 3.25. The Bertz CT molecular complexity index is 803. The van der Waals surface area contributed by atoms with Gasteiger partial charge in [-0.1, -0.05) is 0 Å². The maximum Gasteiger partial charge on any atom is 0.343 e. The normalized spacial score (nSPS) is 11.4. The third kappa shape index (κ3) is 3.19. The second-order valence-electron chi connectivity index (χ2n) is 5.19. The molecule has 0 bridgehead atoms. The van der Waals surface area contributed by atoms with Gasteiger partial charge < -0.3 is 23.9 Å². The average molecular weight is 333 g/mol. The molecule has 0 aliphatic carbocycles. The number of hydrogen-bond acceptors (Lipinski definition) is 7. The monoisotopic (exact) mass is 333 g/mol. The van der Waals surface area contributed by atoms with Crippen molar-refractivity contribution in [2.24, 2.45) is 0 Å². The van der Waals surface area contributed by atoms with Gasteiger partial charge in [0, 0.05) is 26.4 Å². The number of carbonyl (C=O) groups is 2. The Balaban J connectivity index is 2.63. The van der Waals surface area contributed by atoms with Crippen molar-refractivity contribution in [1.29, 1.82) is 0 Å². The summed E-state index contributed by atoms with van der Waals surface area (Å²) in [6.45, 7) is 1.77. The zero-order valence-corrected chi connectivity index (χ0v) is 14.0. The molecule has 0 atom stereocenters. The summed E-state index contributed by atoms with van der Waals surface area (Å²) in [4.78, 5) is 26.6. The van der Waals surface area contributed by atoms with Crippen molar-refractivity contribution < 1.29 is 28.6 Å². The maximum absolute atomic E-state index is 12.9. The minimum Gasteiger partial charge on any atom is -0.507 e. The van der Waals surface area contributed by atoms with E-state index in [1.807, 2.05) is 0 Å². The van der Waals surface area contributed by atoms with Crippen LogP contribution < -0.4 is 4.74 Å². The Morgan fingerprint density at radius 3 is 2.67 bits per heavy atom. The number of Topliss-reactive ketones (excluding diaryl/α,β-unsaturated/α-hetero) is 1. The molecule has 1 N–H and O–H groups in total. The molecule has 7 nitrogen and oxygen atoms in total. The number of rotatable bonds is 6. The Hall–Kier alpha value is -2.96. The number of aromatic hydroxyl groups is 1. The van der Waals surface area contributed by atoms with Crippen LogP contribution in [0.4, 0.5) is 0 Å². The molecule has 0 saturated carbocycles. The van der Waals surface area contributed by atoms with Gasteiger partial charge in [-0.2, -0.15) is 0 Å². The van der Waals surface area contributed by atoms with Gasteiger partial charge in [0.2, 0.25) is 5.78 Å². The Kier molecular flexibility index (Phi) is 5.13. The molecule has 0 saturated heterocycles. The minimum absolute atomic E-state index is 0.118. The molecule has 0 radical (unpaired) electrons. The molecule has 0 spiro atoms. The molecule has 0 fully saturated rings. The molecule has 0 unspecified atom stereocenters. The number of esters is 1. The molecule has 0 aliphatic heterocycles. The summed E-state index contributed by atoms with van der Waals surface area (Å²) in [5.41, 5.74) is 0.0426. The van der Waals surface area contributed by atoms with Gasteiger partial charge in [-0.3, -0.25) is 4.79 Å². The molecular formula is C17H19NO6. The van der Waals surface area contributed by atoms with Crippen LogP contribution in [0, 0.1) is 0 Å². The summed E-state index contributed by atoms with van der Waals surface area (Å²) >= 11 is 0. The SMILES string of the molecule is CCOC(=O)/C(=C\N(C)C)C(=O)c1c(O)cc2occc2c1OC. The predicted octanol–water partition coefficient (Wildman–Crippen LogP) is 2.34. The van der Waals surface area contributed by atoms with Gasteiger partial charge in [0.1, 0.15) is 28.2 Å². The standard InChI is InChI=1S/C17H19NO6/c1-5-23-17(21)11(9-18(2)3)15(20)14-12(19)8-13-10(6-7-24-13)16(14)22-4/h6-9,19H,5H2,1-4H3/b11-9-. The van der Waals surface area contributed by atoms with Gasteiger partial charge in [0.15, 0.2) is 0 Å². The Morgan fingerprint density at radius 1 is 1.38 bits per heavy atom. The van der Waals surface area contributed by atoms with E-state index >= 15 is 0 Å². The molecule has 1 aromatic carbocycles. The smallest absolute Gasteiger partial charge is 0.343 e. The highest BCUT2D eigenvalue weighted by Crippen LogP contribution is 2.38. The van der Waals surface area contributed by atoms with Crippen LogP contribution in [0.2, 0.25) is 0 Å². The van der Waals surface area contributed by atoms with Crippen molar-refractivity contribution in [2.45, 2.75) is 6.92 Å². The number of methoxy groups -OCH3 is 1. The third-order valence-electron chi connectivity index (χ3n) is 3.25. The van der Waals surface area contributed by atoms with Crippen LogP contribution in [0.25, 0.3) is 11.0 Å². The van der Waals surface area contributed by atoms with Crippen molar-refractivity contribution in [3.8, 4) is 11.5 Å². The lowest BCUT2D eigenvalue weighted by Gasteiger charge is -2.14. The van der Waals surface area contributed by atoms with E-state index in [0.29, 0.717) is 11.0 Å². The molecule has 7 heteroatoms. The van der Waals surface area contributed by atoms with Crippen molar-refractivity contribution in [3.05, 3.63) is 35.7 Å². The van der Waals surface area contributed by atoms with Gasteiger partial charge in [-0.05, 0) is 13.0 Å². The molecule has 2 rings (SSSR count). The van der Waals surface area contributed by atoms with Crippen LogP contribution in [-0.2, 0) is 9.53 Å². The summed E-state index contributed by atoms with van der Waals surface area (Å²) < 4.78 is 15.4. The van der Waals surface area contributed by atoms with Crippen molar-refractivity contribution in [2.75, 3.05) is 27.8 Å². The van der Waals surface area contributed by atoms with Gasteiger partial charge in [-0.25, -0.2) is 4.79 Å². The molecule has 0 aliphatic rings. The molecule has 2 aromatic rings. The van der Waals surface area contributed by atoms with Crippen LogP contribution in [0.3, 0.4) is 0 Å². The lowest BCUT2D eigenvalue weighted by Crippen LogP contribution is -2.20. The number of benzene rings is 1. The summed E-state index contributed by atoms with van der Waals surface area (Å²) in [6.07, 6.45) is 2.77. The summed E-state index contributed by atoms with van der Waals surface area (Å²) in [5.74, 6) is -1.67. The number of hydrogen-bond donors (Lipinski definition) is 1. The number of ketones is 1. The highest BCUT2D eigenvalue weighted by molar-refractivity contribution is 6.27. The first-order valence-corrected chi connectivity index (χ1v) is 7.27. The van der Waals surface area contributed by atoms with Crippen LogP contribution in [-0.4, -0.2) is 49.6 Å². The number of nitrogens with zero attached hydrogens (tertiary/aromatic N) is 1. The van der Waals surface area contributed by atoms with E-state index in [0.717, 1.165) is 0 Å². The quantitative estimate of drug-likeness (QED) is 0.285. The highest BCUT2D eigenvalue weighted by atomic mass is 16.5. The molecule has 1 aromatic heterocycles. The van der Waals surface area contributed by atoms with E-state index in [1.165, 1.54) is 25.6 Å². The summed E-state index contributed by atoms with van der Waals surface area (Å²) in [7, 11) is 4.71. The number of phenolic OH excluding ortho intramolecular Hbond substituents is 1. The molecule has 0 amide bonds. The Morgan fingerprint density at radius 2 is 2.08 bits per heavy atom. The first-order chi connectivity index (χ1) is 11.4. The number of phenols is 1. The Labute approximate surface area is 139 Å². The summed E-state index contributed by atoms with van der Waals surface area (Å²) in [5, 5.41) is 10.8. The fraction of sp³-hybridized carbons (Fsp3) is 0.294. The molecule has 128 valence electrons. The van der Waals surface area contributed by atoms with Gasteiger partial charge >= 0.3 is 5.97 Å². The van der Waals surface area contributed by atoms with Crippen LogP contribution >= 0.6 is 0 Å². The highest BCUT2D eigenvalue weighted by Gasteiger charge is 2.29. The first-order valence-electron chi connectivity index (χ1n) is 7.27. The second-order valence-corrected chi connectivity index (χ2v) is 5.19. The molecule has 24 heavy (non-hydrogen) atoms. The van der Waals surface area contributed by atoms with E-state index in [1.54, 1.807) is 32.0 Å². The van der Waals surface area contributed by atoms with E-state index in [9.17, 15) is 14.7 Å². The fourth-order valence-corrected chi connectivity index (χ4v) is 2.30. The lowest BCUT2D eigenvalue weighted by molar-refractivity contribution is -0.138. The van der Waals surface area contributed by atoms with Gasteiger partial charge in [0.05, 0.1) is 25.4 Å². The van der Waals surface area contributed by atoms with Crippen molar-refractivity contribution in [3.63, 3.8) is 0 Å². The zero-order chi connectivity index (χ0) is 17.9. The van der Waals surface area contributed by atoms with Gasteiger partial charge in [0.25, 0.3) is 0 Å². The van der Waals surface area contributed by atoms with Gasteiger partial charge in [-0.15, -0.1) is 0 Å². The average Bonchev–Trinajstić information content (AvgIpc) is 2.98. The lowest BCUT2D eigenvalue weighted by atomic mass is 10.00. The summed E-state index contributed by atoms with van der Waals surface area (Å²) in [6, 6.07) is 2.92. The van der Waals surface area contributed by atoms with Crippen LogP contribution in [0.5, 0.6) is 11.5 Å². The first kappa shape index (κ1) is 17.4. The van der Waals surface area contributed by atoms with Crippen molar-refractivity contribution in [1.82, 2.24) is 4.90 Å². The van der Waals surface area contributed by atoms with Crippen LogP contribution in [0.15, 0.2) is 34.6 Å². The van der Waals surface area contributed by atoms with E-state index in [4.69, 9.17) is 13.9 Å².